The Kier molecular flexibility index (Phi) is 4.65. The minimum Gasteiger partial charge on any atom is -0.486 e. The van der Waals surface area contributed by atoms with Gasteiger partial charge in [-0.3, -0.25) is 4.79 Å². The topological polar surface area (TPSA) is 47.4 Å². The molecule has 1 aliphatic rings. The highest BCUT2D eigenvalue weighted by Crippen LogP contribution is 2.24. The van der Waals surface area contributed by atoms with E-state index in [9.17, 15) is 4.79 Å². The van der Waals surface area contributed by atoms with Gasteiger partial charge in [0.25, 0.3) is 0 Å². The number of amides is 1. The fourth-order valence-corrected chi connectivity index (χ4v) is 2.82. The molecule has 5 nitrogen and oxygen atoms in total. The summed E-state index contributed by atoms with van der Waals surface area (Å²) in [5.41, 5.74) is 1.21. The summed E-state index contributed by atoms with van der Waals surface area (Å²) in [4.78, 5) is 18.2. The molecule has 1 fully saturated rings. The van der Waals surface area contributed by atoms with Crippen molar-refractivity contribution in [2.24, 2.45) is 0 Å². The molecule has 122 valence electrons. The zero-order valence-electron chi connectivity index (χ0n) is 13.7. The number of para-hydroxylation sites is 1. The van der Waals surface area contributed by atoms with E-state index in [2.05, 4.69) is 18.0 Å². The Morgan fingerprint density at radius 3 is 2.87 bits per heavy atom. The molecule has 5 heteroatoms. The zero-order valence-corrected chi connectivity index (χ0v) is 13.7. The molecule has 0 saturated carbocycles. The molecule has 1 saturated heterocycles. The van der Waals surface area contributed by atoms with Gasteiger partial charge in [-0.2, -0.15) is 0 Å². The lowest BCUT2D eigenvalue weighted by Gasteiger charge is -2.39. The second-order valence-electron chi connectivity index (χ2n) is 6.06. The van der Waals surface area contributed by atoms with Crippen molar-refractivity contribution in [3.05, 3.63) is 48.5 Å². The first-order valence-corrected chi connectivity index (χ1v) is 8.17. The third-order valence-corrected chi connectivity index (χ3v) is 4.35. The molecule has 2 aromatic rings. The molecule has 0 spiro atoms. The maximum absolute atomic E-state index is 12.3. The van der Waals surface area contributed by atoms with Crippen molar-refractivity contribution < 1.29 is 9.53 Å². The van der Waals surface area contributed by atoms with E-state index in [1.54, 1.807) is 12.5 Å². The molecule has 23 heavy (non-hydrogen) atoms. The quantitative estimate of drug-likeness (QED) is 0.824. The summed E-state index contributed by atoms with van der Waals surface area (Å²) in [6.45, 7) is 5.50. The van der Waals surface area contributed by atoms with Crippen LogP contribution in [0.15, 0.2) is 43.0 Å². The van der Waals surface area contributed by atoms with Crippen molar-refractivity contribution >= 4 is 5.91 Å². The van der Waals surface area contributed by atoms with E-state index >= 15 is 0 Å². The Morgan fingerprint density at radius 1 is 1.39 bits per heavy atom. The average molecular weight is 313 g/mol. The Hall–Kier alpha value is -2.30. The number of hydrogen-bond donors (Lipinski definition) is 0. The number of hydrogen-bond acceptors (Lipinski definition) is 3. The predicted molar refractivity (Wildman–Crippen MR) is 88.4 cm³/mol. The number of carbonyl (C=O) groups is 1. The highest BCUT2D eigenvalue weighted by Gasteiger charge is 2.33. The van der Waals surface area contributed by atoms with Gasteiger partial charge < -0.3 is 14.2 Å². The number of imidazole rings is 1. The van der Waals surface area contributed by atoms with Gasteiger partial charge >= 0.3 is 0 Å². The summed E-state index contributed by atoms with van der Waals surface area (Å²) in [5, 5.41) is 0. The number of aromatic nitrogens is 2. The van der Waals surface area contributed by atoms with Gasteiger partial charge in [-0.1, -0.05) is 25.1 Å². The number of likely N-dealkylation sites (tertiary alicyclic amines) is 1. The first-order valence-electron chi connectivity index (χ1n) is 8.17. The molecule has 1 amide bonds. The van der Waals surface area contributed by atoms with Crippen LogP contribution in [0, 0.1) is 0 Å². The van der Waals surface area contributed by atoms with E-state index in [1.165, 1.54) is 5.56 Å². The summed E-state index contributed by atoms with van der Waals surface area (Å²) in [6.07, 6.45) is 6.93. The molecule has 1 aromatic heterocycles. The number of benzene rings is 1. The highest BCUT2D eigenvalue weighted by atomic mass is 16.5. The summed E-state index contributed by atoms with van der Waals surface area (Å²) in [6, 6.07) is 8.24. The van der Waals surface area contributed by atoms with Crippen LogP contribution >= 0.6 is 0 Å². The van der Waals surface area contributed by atoms with Crippen LogP contribution in [-0.4, -0.2) is 39.6 Å². The largest absolute Gasteiger partial charge is 0.486 e. The van der Waals surface area contributed by atoms with Crippen molar-refractivity contribution in [2.75, 3.05) is 13.1 Å². The average Bonchev–Trinajstić information content (AvgIpc) is 3.05. The van der Waals surface area contributed by atoms with Crippen LogP contribution < -0.4 is 4.74 Å². The van der Waals surface area contributed by atoms with Crippen molar-refractivity contribution in [1.29, 1.82) is 0 Å². The van der Waals surface area contributed by atoms with Crippen LogP contribution in [0.1, 0.15) is 31.9 Å². The van der Waals surface area contributed by atoms with E-state index in [4.69, 9.17) is 4.74 Å². The molecule has 3 rings (SSSR count). The molecule has 0 aliphatic carbocycles. The molecule has 1 aromatic carbocycles. The molecule has 0 N–H and O–H groups in total. The van der Waals surface area contributed by atoms with Crippen LogP contribution in [-0.2, 0) is 11.2 Å². The van der Waals surface area contributed by atoms with Crippen molar-refractivity contribution in [3.8, 4) is 5.75 Å². The van der Waals surface area contributed by atoms with Crippen LogP contribution in [0.5, 0.6) is 5.75 Å². The molecule has 0 radical (unpaired) electrons. The Bertz CT molecular complexity index is 648. The van der Waals surface area contributed by atoms with Gasteiger partial charge in [-0.15, -0.1) is 0 Å². The standard InChI is InChI=1S/C18H23N3O2/c1-3-15-6-4-5-7-17(15)23-16-11-21(12-16)18(22)10-14(2)20-9-8-19-13-20/h4-9,13-14,16H,3,10-12H2,1-2H3/t14-/m0/s1. The van der Waals surface area contributed by atoms with Crippen LogP contribution in [0.3, 0.4) is 0 Å². The number of ether oxygens (including phenoxy) is 1. The normalized spacial score (nSPS) is 16.0. The van der Waals surface area contributed by atoms with E-state index < -0.39 is 0 Å². The smallest absolute Gasteiger partial charge is 0.224 e. The van der Waals surface area contributed by atoms with Crippen LogP contribution in [0.4, 0.5) is 0 Å². The number of aryl methyl sites for hydroxylation is 1. The third kappa shape index (κ3) is 3.55. The zero-order chi connectivity index (χ0) is 16.2. The molecular weight excluding hydrogens is 290 g/mol. The number of nitrogens with zero attached hydrogens (tertiary/aromatic N) is 3. The van der Waals surface area contributed by atoms with Crippen LogP contribution in [0.25, 0.3) is 0 Å². The highest BCUT2D eigenvalue weighted by molar-refractivity contribution is 5.77. The second-order valence-corrected chi connectivity index (χ2v) is 6.06. The Labute approximate surface area is 136 Å². The summed E-state index contributed by atoms with van der Waals surface area (Å²) in [7, 11) is 0. The van der Waals surface area contributed by atoms with Crippen molar-refractivity contribution in [3.63, 3.8) is 0 Å². The van der Waals surface area contributed by atoms with Gasteiger partial charge in [0, 0.05) is 24.9 Å². The molecule has 1 aliphatic heterocycles. The fraction of sp³-hybridized carbons (Fsp3) is 0.444. The van der Waals surface area contributed by atoms with Crippen molar-refractivity contribution in [1.82, 2.24) is 14.5 Å². The third-order valence-electron chi connectivity index (χ3n) is 4.35. The Morgan fingerprint density at radius 2 is 2.17 bits per heavy atom. The SMILES string of the molecule is CCc1ccccc1OC1CN(C(=O)C[C@H](C)n2ccnc2)C1. The minimum absolute atomic E-state index is 0.107. The number of rotatable bonds is 6. The first-order chi connectivity index (χ1) is 11.2. The first kappa shape index (κ1) is 15.6. The fourth-order valence-electron chi connectivity index (χ4n) is 2.82. The minimum atomic E-state index is 0.107. The monoisotopic (exact) mass is 313 g/mol. The summed E-state index contributed by atoms with van der Waals surface area (Å²) >= 11 is 0. The van der Waals surface area contributed by atoms with Gasteiger partial charge in [-0.25, -0.2) is 4.98 Å². The molecule has 0 bridgehead atoms. The molecule has 0 unspecified atom stereocenters. The maximum atomic E-state index is 12.3. The van der Waals surface area contributed by atoms with E-state index in [0.717, 1.165) is 12.2 Å². The van der Waals surface area contributed by atoms with Gasteiger partial charge in [0.15, 0.2) is 0 Å². The summed E-state index contributed by atoms with van der Waals surface area (Å²) in [5.74, 6) is 1.12. The molecular formula is C18H23N3O2. The van der Waals surface area contributed by atoms with E-state index in [-0.39, 0.29) is 18.1 Å². The van der Waals surface area contributed by atoms with E-state index in [0.29, 0.717) is 19.5 Å². The van der Waals surface area contributed by atoms with Gasteiger partial charge in [0.2, 0.25) is 5.91 Å². The predicted octanol–water partition coefficient (Wildman–Crippen LogP) is 2.69. The van der Waals surface area contributed by atoms with Crippen molar-refractivity contribution in [2.45, 2.75) is 38.8 Å². The van der Waals surface area contributed by atoms with E-state index in [1.807, 2.05) is 40.8 Å². The Balaban J connectivity index is 1.48. The lowest BCUT2D eigenvalue weighted by Crippen LogP contribution is -2.56. The van der Waals surface area contributed by atoms with Crippen LogP contribution in [0.2, 0.25) is 0 Å². The van der Waals surface area contributed by atoms with Gasteiger partial charge in [0.1, 0.15) is 11.9 Å². The maximum Gasteiger partial charge on any atom is 0.224 e. The van der Waals surface area contributed by atoms with Gasteiger partial charge in [0.05, 0.1) is 19.4 Å². The summed E-state index contributed by atoms with van der Waals surface area (Å²) < 4.78 is 7.98. The second kappa shape index (κ2) is 6.86. The number of carbonyl (C=O) groups excluding carboxylic acids is 1. The lowest BCUT2D eigenvalue weighted by molar-refractivity contribution is -0.140. The lowest BCUT2D eigenvalue weighted by atomic mass is 10.1. The van der Waals surface area contributed by atoms with Gasteiger partial charge in [-0.05, 0) is 25.0 Å². The molecule has 2 heterocycles. The molecule has 1 atom stereocenters.